The second-order valence-corrected chi connectivity index (χ2v) is 3.35. The molecule has 0 aromatic heterocycles. The summed E-state index contributed by atoms with van der Waals surface area (Å²) in [7, 11) is 4.44. The van der Waals surface area contributed by atoms with E-state index < -0.39 is 30.7 Å². The molecule has 15 heavy (non-hydrogen) atoms. The van der Waals surface area contributed by atoms with E-state index in [1.54, 1.807) is 0 Å². The number of ether oxygens (including phenoxy) is 4. The van der Waals surface area contributed by atoms with Crippen molar-refractivity contribution in [2.45, 2.75) is 30.7 Å². The SMILES string of the molecule is COC1C(O)OC(CO)C(OC)C1OC. The standard InChI is InChI=1S/C9H18O6/c1-12-6-5(4-10)15-9(11)8(14-3)7(6)13-2/h5-11H,4H2,1-3H3. The molecule has 1 heterocycles. The first-order valence-corrected chi connectivity index (χ1v) is 4.72. The Labute approximate surface area is 88.7 Å². The molecule has 0 spiro atoms. The molecule has 5 unspecified atom stereocenters. The van der Waals surface area contributed by atoms with Crippen LogP contribution in [0.5, 0.6) is 0 Å². The van der Waals surface area contributed by atoms with Crippen LogP contribution in [0.25, 0.3) is 0 Å². The van der Waals surface area contributed by atoms with Gasteiger partial charge in [-0.25, -0.2) is 0 Å². The Morgan fingerprint density at radius 1 is 1.00 bits per heavy atom. The lowest BCUT2D eigenvalue weighted by molar-refractivity contribution is -0.299. The topological polar surface area (TPSA) is 77.4 Å². The molecule has 5 atom stereocenters. The van der Waals surface area contributed by atoms with Crippen LogP contribution in [0.1, 0.15) is 0 Å². The number of rotatable bonds is 4. The summed E-state index contributed by atoms with van der Waals surface area (Å²) in [6, 6.07) is 0. The van der Waals surface area contributed by atoms with Crippen LogP contribution in [0.2, 0.25) is 0 Å². The second-order valence-electron chi connectivity index (χ2n) is 3.35. The highest BCUT2D eigenvalue weighted by molar-refractivity contribution is 4.91. The zero-order valence-electron chi connectivity index (χ0n) is 9.12. The Balaban J connectivity index is 2.80. The van der Waals surface area contributed by atoms with E-state index >= 15 is 0 Å². The average molecular weight is 222 g/mol. The normalized spacial score (nSPS) is 41.8. The smallest absolute Gasteiger partial charge is 0.184 e. The van der Waals surface area contributed by atoms with Gasteiger partial charge in [-0.05, 0) is 0 Å². The molecule has 0 saturated carbocycles. The monoisotopic (exact) mass is 222 g/mol. The van der Waals surface area contributed by atoms with Crippen molar-refractivity contribution in [2.24, 2.45) is 0 Å². The minimum absolute atomic E-state index is 0.244. The highest BCUT2D eigenvalue weighted by atomic mass is 16.7. The van der Waals surface area contributed by atoms with Crippen LogP contribution in [-0.2, 0) is 18.9 Å². The molecule has 0 aliphatic carbocycles. The summed E-state index contributed by atoms with van der Waals surface area (Å²) in [6.45, 7) is -0.244. The first-order chi connectivity index (χ1) is 7.19. The molecule has 0 aromatic carbocycles. The van der Waals surface area contributed by atoms with Gasteiger partial charge in [-0.2, -0.15) is 0 Å². The summed E-state index contributed by atoms with van der Waals surface area (Å²) in [5, 5.41) is 18.7. The summed E-state index contributed by atoms with van der Waals surface area (Å²) in [6.07, 6.45) is -3.29. The van der Waals surface area contributed by atoms with E-state index in [9.17, 15) is 5.11 Å². The van der Waals surface area contributed by atoms with Gasteiger partial charge in [0.25, 0.3) is 0 Å². The molecular weight excluding hydrogens is 204 g/mol. The van der Waals surface area contributed by atoms with Crippen molar-refractivity contribution >= 4 is 0 Å². The first kappa shape index (κ1) is 12.8. The van der Waals surface area contributed by atoms with Gasteiger partial charge in [-0.3, -0.25) is 0 Å². The van der Waals surface area contributed by atoms with Crippen LogP contribution in [0.15, 0.2) is 0 Å². The molecule has 1 aliphatic heterocycles. The molecular formula is C9H18O6. The third kappa shape index (κ3) is 2.47. The Morgan fingerprint density at radius 3 is 1.93 bits per heavy atom. The van der Waals surface area contributed by atoms with Gasteiger partial charge in [0, 0.05) is 21.3 Å². The Morgan fingerprint density at radius 2 is 1.53 bits per heavy atom. The molecule has 90 valence electrons. The molecule has 0 aromatic rings. The van der Waals surface area contributed by atoms with E-state index in [0.717, 1.165) is 0 Å². The van der Waals surface area contributed by atoms with Crippen LogP contribution in [-0.4, -0.2) is 68.9 Å². The van der Waals surface area contributed by atoms with Crippen LogP contribution in [0, 0.1) is 0 Å². The number of hydrogen-bond acceptors (Lipinski definition) is 6. The van der Waals surface area contributed by atoms with Gasteiger partial charge >= 0.3 is 0 Å². The number of aliphatic hydroxyl groups excluding tert-OH is 2. The Bertz CT molecular complexity index is 187. The van der Waals surface area contributed by atoms with E-state index in [4.69, 9.17) is 24.1 Å². The highest BCUT2D eigenvalue weighted by Crippen LogP contribution is 2.25. The summed E-state index contributed by atoms with van der Waals surface area (Å²) in [5.74, 6) is 0. The lowest BCUT2D eigenvalue weighted by Gasteiger charge is -2.42. The molecule has 6 heteroatoms. The maximum Gasteiger partial charge on any atom is 0.184 e. The van der Waals surface area contributed by atoms with Gasteiger partial charge in [-0.1, -0.05) is 0 Å². The molecule has 6 nitrogen and oxygen atoms in total. The molecule has 0 radical (unpaired) electrons. The number of aliphatic hydroxyl groups is 2. The average Bonchev–Trinajstić information content (AvgIpc) is 2.27. The molecule has 1 fully saturated rings. The van der Waals surface area contributed by atoms with Gasteiger partial charge in [0.05, 0.1) is 6.61 Å². The minimum Gasteiger partial charge on any atom is -0.394 e. The third-order valence-corrected chi connectivity index (χ3v) is 2.61. The fraction of sp³-hybridized carbons (Fsp3) is 1.00. The van der Waals surface area contributed by atoms with Gasteiger partial charge in [0.1, 0.15) is 24.4 Å². The lowest BCUT2D eigenvalue weighted by Crippen LogP contribution is -2.60. The predicted molar refractivity (Wildman–Crippen MR) is 50.4 cm³/mol. The van der Waals surface area contributed by atoms with Crippen molar-refractivity contribution < 1.29 is 29.2 Å². The highest BCUT2D eigenvalue weighted by Gasteiger charge is 2.46. The predicted octanol–water partition coefficient (Wildman–Crippen LogP) is -1.26. The molecule has 1 saturated heterocycles. The molecule has 1 rings (SSSR count). The fourth-order valence-electron chi connectivity index (χ4n) is 1.85. The van der Waals surface area contributed by atoms with E-state index in [1.165, 1.54) is 21.3 Å². The molecule has 1 aliphatic rings. The van der Waals surface area contributed by atoms with Crippen molar-refractivity contribution in [3.8, 4) is 0 Å². The maximum atomic E-state index is 9.59. The number of methoxy groups -OCH3 is 3. The van der Waals surface area contributed by atoms with E-state index in [0.29, 0.717) is 0 Å². The summed E-state index contributed by atoms with van der Waals surface area (Å²) >= 11 is 0. The van der Waals surface area contributed by atoms with Crippen molar-refractivity contribution in [1.29, 1.82) is 0 Å². The van der Waals surface area contributed by atoms with Crippen LogP contribution in [0.4, 0.5) is 0 Å². The first-order valence-electron chi connectivity index (χ1n) is 4.72. The van der Waals surface area contributed by atoms with Crippen molar-refractivity contribution in [3.63, 3.8) is 0 Å². The van der Waals surface area contributed by atoms with Crippen molar-refractivity contribution in [2.75, 3.05) is 27.9 Å². The molecule has 0 bridgehead atoms. The zero-order chi connectivity index (χ0) is 11.4. The van der Waals surface area contributed by atoms with Crippen LogP contribution in [0.3, 0.4) is 0 Å². The quantitative estimate of drug-likeness (QED) is 0.618. The van der Waals surface area contributed by atoms with Crippen molar-refractivity contribution in [3.05, 3.63) is 0 Å². The molecule has 2 N–H and O–H groups in total. The van der Waals surface area contributed by atoms with Gasteiger partial charge in [0.15, 0.2) is 6.29 Å². The third-order valence-electron chi connectivity index (χ3n) is 2.61. The van der Waals surface area contributed by atoms with E-state index in [-0.39, 0.29) is 6.61 Å². The van der Waals surface area contributed by atoms with E-state index in [2.05, 4.69) is 0 Å². The maximum absolute atomic E-state index is 9.59. The minimum atomic E-state index is -1.12. The summed E-state index contributed by atoms with van der Waals surface area (Å²) in [4.78, 5) is 0. The Hall–Kier alpha value is -0.240. The van der Waals surface area contributed by atoms with Crippen molar-refractivity contribution in [1.82, 2.24) is 0 Å². The molecule has 0 amide bonds. The summed E-state index contributed by atoms with van der Waals surface area (Å²) < 4.78 is 20.6. The van der Waals surface area contributed by atoms with Crippen LogP contribution >= 0.6 is 0 Å². The van der Waals surface area contributed by atoms with Gasteiger partial charge in [0.2, 0.25) is 0 Å². The Kier molecular flexibility index (Phi) is 4.91. The summed E-state index contributed by atoms with van der Waals surface area (Å²) in [5.41, 5.74) is 0. The second kappa shape index (κ2) is 5.74. The van der Waals surface area contributed by atoms with E-state index in [1.807, 2.05) is 0 Å². The fourth-order valence-corrected chi connectivity index (χ4v) is 1.85. The number of hydrogen-bond donors (Lipinski definition) is 2. The zero-order valence-corrected chi connectivity index (χ0v) is 9.12. The van der Waals surface area contributed by atoms with Gasteiger partial charge < -0.3 is 29.2 Å². The lowest BCUT2D eigenvalue weighted by atomic mass is 9.99. The van der Waals surface area contributed by atoms with Gasteiger partial charge in [-0.15, -0.1) is 0 Å². The largest absolute Gasteiger partial charge is 0.394 e. The van der Waals surface area contributed by atoms with Crippen LogP contribution < -0.4 is 0 Å².